The van der Waals surface area contributed by atoms with Crippen LogP contribution in [0.15, 0.2) is 77.7 Å². The van der Waals surface area contributed by atoms with Crippen LogP contribution >= 0.6 is 0 Å². The Morgan fingerprint density at radius 3 is 2.09 bits per heavy atom. The molecule has 0 unspecified atom stereocenters. The lowest BCUT2D eigenvalue weighted by Gasteiger charge is -2.23. The molecule has 3 aromatic carbocycles. The summed E-state index contributed by atoms with van der Waals surface area (Å²) < 4.78 is 43.6. The maximum Gasteiger partial charge on any atom is 0.337 e. The second-order valence-corrected chi connectivity index (χ2v) is 9.28. The van der Waals surface area contributed by atoms with E-state index in [2.05, 4.69) is 0 Å². The molecule has 0 heterocycles. The van der Waals surface area contributed by atoms with Crippen molar-refractivity contribution in [2.75, 3.05) is 14.2 Å². The van der Waals surface area contributed by atoms with Crippen LogP contribution < -0.4 is 9.47 Å². The number of para-hydroxylation sites is 1. The second-order valence-electron chi connectivity index (χ2n) is 7.34. The summed E-state index contributed by atoms with van der Waals surface area (Å²) in [5, 5.41) is 0. The summed E-state index contributed by atoms with van der Waals surface area (Å²) in [7, 11) is -1.13. The number of hydrogen-bond acceptors (Lipinski definition) is 7. The highest BCUT2D eigenvalue weighted by atomic mass is 32.2. The van der Waals surface area contributed by atoms with Crippen LogP contribution in [0.1, 0.15) is 28.4 Å². The predicted molar refractivity (Wildman–Crippen MR) is 125 cm³/mol. The monoisotopic (exact) mass is 483 g/mol. The molecule has 0 fully saturated rings. The summed E-state index contributed by atoms with van der Waals surface area (Å²) in [6.07, 6.45) is 0. The first-order valence-corrected chi connectivity index (χ1v) is 11.8. The second kappa shape index (κ2) is 11.0. The van der Waals surface area contributed by atoms with E-state index in [-0.39, 0.29) is 23.7 Å². The van der Waals surface area contributed by atoms with Gasteiger partial charge in [0.2, 0.25) is 10.0 Å². The predicted octanol–water partition coefficient (Wildman–Crippen LogP) is 3.80. The Bertz CT molecular complexity index is 1250. The normalized spacial score (nSPS) is 11.2. The average Bonchev–Trinajstić information content (AvgIpc) is 2.84. The Morgan fingerprint density at radius 2 is 1.50 bits per heavy atom. The van der Waals surface area contributed by atoms with Crippen molar-refractivity contribution < 1.29 is 32.2 Å². The maximum absolute atomic E-state index is 13.6. The van der Waals surface area contributed by atoms with Crippen LogP contribution in [0.25, 0.3) is 0 Å². The number of carbonyl (C=O) groups is 2. The zero-order valence-corrected chi connectivity index (χ0v) is 19.9. The van der Waals surface area contributed by atoms with Crippen LogP contribution in [0.3, 0.4) is 0 Å². The first-order chi connectivity index (χ1) is 16.2. The van der Waals surface area contributed by atoms with Crippen molar-refractivity contribution in [1.29, 1.82) is 0 Å². The minimum Gasteiger partial charge on any atom is -0.496 e. The third-order valence-electron chi connectivity index (χ3n) is 5.00. The van der Waals surface area contributed by atoms with Gasteiger partial charge in [0.15, 0.2) is 0 Å². The van der Waals surface area contributed by atoms with Gasteiger partial charge in [-0.25, -0.2) is 13.2 Å². The summed E-state index contributed by atoms with van der Waals surface area (Å²) in [6.45, 7) is 1.37. The minimum absolute atomic E-state index is 0.0458. The first-order valence-electron chi connectivity index (χ1n) is 10.3. The third-order valence-corrected chi connectivity index (χ3v) is 6.80. The standard InChI is InChI=1S/C25H25NO7S/c1-18(27)33-22-12-14-23(15-13-22)34(29,30)26(17-21-6-4-5-7-24(21)31-2)16-19-8-10-20(11-9-19)25(28)32-3/h4-15H,16-17H2,1-3H3. The summed E-state index contributed by atoms with van der Waals surface area (Å²) in [4.78, 5) is 22.9. The van der Waals surface area contributed by atoms with Crippen LogP contribution in [-0.2, 0) is 32.6 Å². The van der Waals surface area contributed by atoms with Gasteiger partial charge in [0, 0.05) is 25.6 Å². The van der Waals surface area contributed by atoms with Crippen molar-refractivity contribution in [3.63, 3.8) is 0 Å². The van der Waals surface area contributed by atoms with E-state index < -0.39 is 22.0 Å². The Balaban J connectivity index is 1.96. The molecule has 0 radical (unpaired) electrons. The van der Waals surface area contributed by atoms with Crippen molar-refractivity contribution in [3.8, 4) is 11.5 Å². The molecule has 0 aromatic heterocycles. The molecule has 0 saturated heterocycles. The lowest BCUT2D eigenvalue weighted by molar-refractivity contribution is -0.131. The van der Waals surface area contributed by atoms with Gasteiger partial charge in [-0.3, -0.25) is 4.79 Å². The molecule has 8 nitrogen and oxygen atoms in total. The zero-order chi connectivity index (χ0) is 24.7. The van der Waals surface area contributed by atoms with E-state index in [1.54, 1.807) is 42.5 Å². The molecule has 0 aliphatic heterocycles. The van der Waals surface area contributed by atoms with Gasteiger partial charge >= 0.3 is 11.9 Å². The first kappa shape index (κ1) is 24.9. The van der Waals surface area contributed by atoms with Gasteiger partial charge < -0.3 is 14.2 Å². The van der Waals surface area contributed by atoms with Gasteiger partial charge in [-0.05, 0) is 48.0 Å². The summed E-state index contributed by atoms with van der Waals surface area (Å²) >= 11 is 0. The molecule has 0 spiro atoms. The number of carbonyl (C=O) groups excluding carboxylic acids is 2. The fraction of sp³-hybridized carbons (Fsp3) is 0.200. The molecule has 0 amide bonds. The van der Waals surface area contributed by atoms with Crippen LogP contribution in [0.2, 0.25) is 0 Å². The molecule has 0 atom stereocenters. The number of nitrogens with zero attached hydrogens (tertiary/aromatic N) is 1. The lowest BCUT2D eigenvalue weighted by Crippen LogP contribution is -2.30. The summed E-state index contributed by atoms with van der Waals surface area (Å²) in [5.41, 5.74) is 1.74. The Morgan fingerprint density at radius 1 is 0.853 bits per heavy atom. The Kier molecular flexibility index (Phi) is 8.04. The van der Waals surface area contributed by atoms with E-state index in [4.69, 9.17) is 14.2 Å². The van der Waals surface area contributed by atoms with Gasteiger partial charge in [0.1, 0.15) is 11.5 Å². The molecule has 9 heteroatoms. The molecule has 0 bridgehead atoms. The Hall–Kier alpha value is -3.69. The highest BCUT2D eigenvalue weighted by Gasteiger charge is 2.26. The van der Waals surface area contributed by atoms with Gasteiger partial charge in [-0.15, -0.1) is 0 Å². The van der Waals surface area contributed by atoms with Gasteiger partial charge in [0.05, 0.1) is 24.7 Å². The van der Waals surface area contributed by atoms with Crippen molar-refractivity contribution in [2.45, 2.75) is 24.9 Å². The molecule has 3 rings (SSSR count). The molecule has 178 valence electrons. The van der Waals surface area contributed by atoms with E-state index in [0.717, 1.165) is 0 Å². The number of hydrogen-bond donors (Lipinski definition) is 0. The summed E-state index contributed by atoms with van der Waals surface area (Å²) in [6, 6.07) is 19.4. The van der Waals surface area contributed by atoms with Crippen molar-refractivity contribution in [2.24, 2.45) is 0 Å². The Labute approximate surface area is 198 Å². The SMILES string of the molecule is COC(=O)c1ccc(CN(Cc2ccccc2OC)S(=O)(=O)c2ccc(OC(C)=O)cc2)cc1. The van der Waals surface area contributed by atoms with Gasteiger partial charge in [-0.2, -0.15) is 4.31 Å². The third kappa shape index (κ3) is 6.00. The van der Waals surface area contributed by atoms with Crippen LogP contribution in [0.5, 0.6) is 11.5 Å². The van der Waals surface area contributed by atoms with Crippen LogP contribution in [-0.4, -0.2) is 38.9 Å². The minimum atomic E-state index is -3.95. The lowest BCUT2D eigenvalue weighted by atomic mass is 10.1. The molecule has 3 aromatic rings. The van der Waals surface area contributed by atoms with Crippen LogP contribution in [0, 0.1) is 0 Å². The van der Waals surface area contributed by atoms with Crippen molar-refractivity contribution in [3.05, 3.63) is 89.5 Å². The highest BCUT2D eigenvalue weighted by molar-refractivity contribution is 7.89. The van der Waals surface area contributed by atoms with E-state index >= 15 is 0 Å². The molecule has 0 aliphatic carbocycles. The van der Waals surface area contributed by atoms with Crippen molar-refractivity contribution in [1.82, 2.24) is 4.31 Å². The van der Waals surface area contributed by atoms with Gasteiger partial charge in [0.25, 0.3) is 0 Å². The number of ether oxygens (including phenoxy) is 3. The molecule has 0 saturated carbocycles. The highest BCUT2D eigenvalue weighted by Crippen LogP contribution is 2.26. The van der Waals surface area contributed by atoms with Crippen LogP contribution in [0.4, 0.5) is 0 Å². The number of benzene rings is 3. The molecular formula is C25H25NO7S. The average molecular weight is 484 g/mol. The van der Waals surface area contributed by atoms with Gasteiger partial charge in [-0.1, -0.05) is 30.3 Å². The van der Waals surface area contributed by atoms with Crippen molar-refractivity contribution >= 4 is 22.0 Å². The number of sulfonamides is 1. The zero-order valence-electron chi connectivity index (χ0n) is 19.1. The fourth-order valence-electron chi connectivity index (χ4n) is 3.31. The molecule has 0 aliphatic rings. The quantitative estimate of drug-likeness (QED) is 0.337. The largest absolute Gasteiger partial charge is 0.496 e. The summed E-state index contributed by atoms with van der Waals surface area (Å²) in [5.74, 6) is -0.156. The fourth-order valence-corrected chi connectivity index (χ4v) is 4.72. The topological polar surface area (TPSA) is 99.2 Å². The maximum atomic E-state index is 13.6. The van der Waals surface area contributed by atoms with E-state index in [9.17, 15) is 18.0 Å². The van der Waals surface area contributed by atoms with E-state index in [1.165, 1.54) is 49.7 Å². The molecular weight excluding hydrogens is 458 g/mol. The van der Waals surface area contributed by atoms with E-state index in [0.29, 0.717) is 22.4 Å². The number of esters is 2. The smallest absolute Gasteiger partial charge is 0.337 e. The molecule has 34 heavy (non-hydrogen) atoms. The number of rotatable bonds is 9. The number of methoxy groups -OCH3 is 2. The van der Waals surface area contributed by atoms with E-state index in [1.807, 2.05) is 6.07 Å². The molecule has 0 N–H and O–H groups in total.